The second-order valence-electron chi connectivity index (χ2n) is 22.4. The Morgan fingerprint density at radius 2 is 0.494 bits per heavy atom. The van der Waals surface area contributed by atoms with Crippen LogP contribution in [0, 0.1) is 0 Å². The first-order valence-corrected chi connectivity index (χ1v) is 33.7. The molecule has 0 saturated heterocycles. The first kappa shape index (κ1) is 75.3. The van der Waals surface area contributed by atoms with Gasteiger partial charge in [0.15, 0.2) is 6.10 Å². The van der Waals surface area contributed by atoms with Crippen molar-refractivity contribution in [2.24, 2.45) is 0 Å². The normalized spacial score (nSPS) is 12.7. The number of ether oxygens (including phenoxy) is 3. The fourth-order valence-electron chi connectivity index (χ4n) is 9.54. The molecule has 0 aromatic carbocycles. The molecule has 1 unspecified atom stereocenters. The molecule has 0 fully saturated rings. The molecule has 0 heterocycles. The lowest BCUT2D eigenvalue weighted by atomic mass is 10.0. The van der Waals surface area contributed by atoms with E-state index in [0.717, 1.165) is 109 Å². The van der Waals surface area contributed by atoms with Gasteiger partial charge in [-0.25, -0.2) is 0 Å². The number of hydrogen-bond acceptors (Lipinski definition) is 6. The summed E-state index contributed by atoms with van der Waals surface area (Å²) >= 11 is 0. The summed E-state index contributed by atoms with van der Waals surface area (Å²) in [6.45, 7) is 6.55. The number of carbonyl (C=O) groups is 3. The molecule has 0 aromatic rings. The molecular formula is C73H126O6. The van der Waals surface area contributed by atoms with Crippen molar-refractivity contribution >= 4 is 17.9 Å². The number of unbranched alkanes of at least 4 members (excludes halogenated alkanes) is 34. The van der Waals surface area contributed by atoms with Crippen molar-refractivity contribution in [3.8, 4) is 0 Å². The Bertz CT molecular complexity index is 1540. The number of rotatable bonds is 61. The zero-order chi connectivity index (χ0) is 57.1. The second kappa shape index (κ2) is 66.8. The van der Waals surface area contributed by atoms with Crippen LogP contribution in [0.3, 0.4) is 0 Å². The minimum atomic E-state index is -0.783. The highest BCUT2D eigenvalue weighted by atomic mass is 16.6. The Kier molecular flexibility index (Phi) is 63.7. The van der Waals surface area contributed by atoms with Crippen molar-refractivity contribution in [1.82, 2.24) is 0 Å². The molecule has 0 aromatic heterocycles. The molecule has 0 saturated carbocycles. The van der Waals surface area contributed by atoms with Gasteiger partial charge in [-0.05, 0) is 103 Å². The van der Waals surface area contributed by atoms with E-state index in [1.165, 1.54) is 180 Å². The van der Waals surface area contributed by atoms with Gasteiger partial charge in [0, 0.05) is 19.3 Å². The predicted molar refractivity (Wildman–Crippen MR) is 344 cm³/mol. The van der Waals surface area contributed by atoms with Gasteiger partial charge >= 0.3 is 17.9 Å². The van der Waals surface area contributed by atoms with Gasteiger partial charge in [-0.1, -0.05) is 304 Å². The molecule has 0 spiro atoms. The molecule has 1 atom stereocenters. The number of allylic oxidation sites excluding steroid dienone is 16. The van der Waals surface area contributed by atoms with E-state index in [2.05, 4.69) is 118 Å². The summed E-state index contributed by atoms with van der Waals surface area (Å²) in [5.41, 5.74) is 0. The molecule has 0 aliphatic rings. The Morgan fingerprint density at radius 1 is 0.266 bits per heavy atom. The Hall–Kier alpha value is -3.67. The molecule has 0 aliphatic carbocycles. The molecule has 0 amide bonds. The van der Waals surface area contributed by atoms with Crippen LogP contribution in [-0.2, 0) is 28.6 Å². The van der Waals surface area contributed by atoms with Crippen molar-refractivity contribution in [3.63, 3.8) is 0 Å². The Balaban J connectivity index is 4.32. The van der Waals surface area contributed by atoms with Gasteiger partial charge in [-0.15, -0.1) is 0 Å². The Labute approximate surface area is 489 Å². The summed E-state index contributed by atoms with van der Waals surface area (Å²) in [7, 11) is 0. The molecule has 0 rings (SSSR count). The van der Waals surface area contributed by atoms with Gasteiger partial charge in [0.05, 0.1) is 0 Å². The van der Waals surface area contributed by atoms with Crippen LogP contribution in [0.25, 0.3) is 0 Å². The molecule has 454 valence electrons. The fourth-order valence-corrected chi connectivity index (χ4v) is 9.54. The molecule has 0 radical (unpaired) electrons. The van der Waals surface area contributed by atoms with E-state index >= 15 is 0 Å². The number of carbonyl (C=O) groups excluding carboxylic acids is 3. The minimum absolute atomic E-state index is 0.0783. The standard InChI is InChI=1S/C73H126O6/c1-4-7-10-13-16-19-22-25-27-29-31-32-33-34-35-36-37-38-39-40-42-43-45-48-51-54-57-60-63-66-72(75)78-69-70(68-77-71(74)65-62-59-56-53-50-47-24-21-18-15-12-9-6-3)79-73(76)67-64-61-58-55-52-49-46-44-41-30-28-26-23-20-17-14-11-8-5-2/h7,10,16,19,25-28,31-32,34-35,37-38,40,42,70H,4-6,8-9,11-15,17-18,20-24,29-30,33,36,39,41,43-69H2,1-3H3/b10-7-,19-16-,27-25-,28-26-,32-31-,35-34-,38-37-,42-40-. The van der Waals surface area contributed by atoms with Crippen LogP contribution in [0.2, 0.25) is 0 Å². The van der Waals surface area contributed by atoms with Gasteiger partial charge < -0.3 is 14.2 Å². The predicted octanol–water partition coefficient (Wildman–Crippen LogP) is 23.2. The van der Waals surface area contributed by atoms with Gasteiger partial charge in [0.2, 0.25) is 0 Å². The van der Waals surface area contributed by atoms with Crippen molar-refractivity contribution < 1.29 is 28.6 Å². The minimum Gasteiger partial charge on any atom is -0.462 e. The van der Waals surface area contributed by atoms with Crippen molar-refractivity contribution in [1.29, 1.82) is 0 Å². The van der Waals surface area contributed by atoms with Crippen LogP contribution in [-0.4, -0.2) is 37.2 Å². The first-order chi connectivity index (χ1) is 39.0. The highest BCUT2D eigenvalue weighted by Crippen LogP contribution is 2.17. The van der Waals surface area contributed by atoms with Gasteiger partial charge in [-0.2, -0.15) is 0 Å². The van der Waals surface area contributed by atoms with Gasteiger partial charge in [0.1, 0.15) is 13.2 Å². The second-order valence-corrected chi connectivity index (χ2v) is 22.4. The van der Waals surface area contributed by atoms with E-state index in [9.17, 15) is 14.4 Å². The van der Waals surface area contributed by atoms with Crippen LogP contribution in [0.15, 0.2) is 97.2 Å². The molecule has 79 heavy (non-hydrogen) atoms. The monoisotopic (exact) mass is 1100 g/mol. The zero-order valence-corrected chi connectivity index (χ0v) is 52.1. The maximum atomic E-state index is 12.9. The molecule has 6 nitrogen and oxygen atoms in total. The largest absolute Gasteiger partial charge is 0.462 e. The third-order valence-electron chi connectivity index (χ3n) is 14.6. The molecular weight excluding hydrogens is 973 g/mol. The lowest BCUT2D eigenvalue weighted by Crippen LogP contribution is -2.30. The lowest BCUT2D eigenvalue weighted by molar-refractivity contribution is -0.167. The van der Waals surface area contributed by atoms with Crippen LogP contribution < -0.4 is 0 Å². The van der Waals surface area contributed by atoms with Crippen LogP contribution in [0.5, 0.6) is 0 Å². The van der Waals surface area contributed by atoms with E-state index in [0.29, 0.717) is 19.3 Å². The van der Waals surface area contributed by atoms with Crippen molar-refractivity contribution in [3.05, 3.63) is 97.2 Å². The highest BCUT2D eigenvalue weighted by Gasteiger charge is 2.19. The smallest absolute Gasteiger partial charge is 0.306 e. The van der Waals surface area contributed by atoms with Crippen molar-refractivity contribution in [2.75, 3.05) is 13.2 Å². The van der Waals surface area contributed by atoms with E-state index in [4.69, 9.17) is 14.2 Å². The summed E-state index contributed by atoms with van der Waals surface area (Å²) < 4.78 is 16.9. The average Bonchev–Trinajstić information content (AvgIpc) is 3.45. The third kappa shape index (κ3) is 65.0. The molecule has 0 N–H and O–H groups in total. The summed E-state index contributed by atoms with van der Waals surface area (Å²) in [6.07, 6.45) is 89.9. The van der Waals surface area contributed by atoms with Crippen LogP contribution in [0.1, 0.15) is 329 Å². The number of esters is 3. The van der Waals surface area contributed by atoms with Crippen LogP contribution >= 0.6 is 0 Å². The van der Waals surface area contributed by atoms with Crippen molar-refractivity contribution in [2.45, 2.75) is 335 Å². The van der Waals surface area contributed by atoms with E-state index < -0.39 is 6.10 Å². The maximum Gasteiger partial charge on any atom is 0.306 e. The van der Waals surface area contributed by atoms with Gasteiger partial charge in [-0.3, -0.25) is 14.4 Å². The van der Waals surface area contributed by atoms with Crippen LogP contribution in [0.4, 0.5) is 0 Å². The maximum absolute atomic E-state index is 12.9. The van der Waals surface area contributed by atoms with E-state index in [-0.39, 0.29) is 31.1 Å². The quantitative estimate of drug-likeness (QED) is 0.0261. The lowest BCUT2D eigenvalue weighted by Gasteiger charge is -2.18. The van der Waals surface area contributed by atoms with Gasteiger partial charge in [0.25, 0.3) is 0 Å². The topological polar surface area (TPSA) is 78.9 Å². The van der Waals surface area contributed by atoms with E-state index in [1.807, 2.05) is 0 Å². The third-order valence-corrected chi connectivity index (χ3v) is 14.6. The SMILES string of the molecule is CC/C=C\C/C=C\C/C=C\C/C=C\C/C=C\C/C=C\C/C=C\CCCCCCCCCC(=O)OCC(COC(=O)CCCCCCCCCCCCCCC)OC(=O)CCCCCCCCCCC/C=C\CCCCCCCC. The number of hydrogen-bond donors (Lipinski definition) is 0. The summed E-state index contributed by atoms with van der Waals surface area (Å²) in [4.78, 5) is 38.4. The summed E-state index contributed by atoms with van der Waals surface area (Å²) in [6, 6.07) is 0. The zero-order valence-electron chi connectivity index (χ0n) is 52.1. The fraction of sp³-hybridized carbons (Fsp3) is 0.740. The van der Waals surface area contributed by atoms with E-state index in [1.54, 1.807) is 0 Å². The average molecular weight is 1100 g/mol. The Morgan fingerprint density at radius 3 is 0.785 bits per heavy atom. The molecule has 0 bridgehead atoms. The summed E-state index contributed by atoms with van der Waals surface area (Å²) in [5.74, 6) is -0.878. The molecule has 0 aliphatic heterocycles. The molecule has 6 heteroatoms. The summed E-state index contributed by atoms with van der Waals surface area (Å²) in [5, 5.41) is 0. The first-order valence-electron chi connectivity index (χ1n) is 33.7. The highest BCUT2D eigenvalue weighted by molar-refractivity contribution is 5.71.